The molecule has 0 unspecified atom stereocenters. The average Bonchev–Trinajstić information content (AvgIpc) is 2.31. The van der Waals surface area contributed by atoms with Crippen LogP contribution >= 0.6 is 15.9 Å². The molecule has 0 saturated heterocycles. The van der Waals surface area contributed by atoms with Crippen molar-refractivity contribution in [1.82, 2.24) is 0 Å². The number of rotatable bonds is 8. The molecule has 0 fully saturated rings. The van der Waals surface area contributed by atoms with Crippen molar-refractivity contribution in [3.8, 4) is 0 Å². The second-order valence-electron chi connectivity index (χ2n) is 4.89. The SMILES string of the molecule is CC(C)CCOCCC(=O)Cc1ccc(Br)cc1. The monoisotopic (exact) mass is 312 g/mol. The van der Waals surface area contributed by atoms with E-state index in [-0.39, 0.29) is 5.78 Å². The van der Waals surface area contributed by atoms with E-state index in [1.54, 1.807) is 0 Å². The van der Waals surface area contributed by atoms with Gasteiger partial charge in [0.15, 0.2) is 0 Å². The third-order valence-corrected chi connectivity index (χ3v) is 3.21. The highest BCUT2D eigenvalue weighted by molar-refractivity contribution is 9.10. The lowest BCUT2D eigenvalue weighted by atomic mass is 10.1. The van der Waals surface area contributed by atoms with Gasteiger partial charge in [-0.2, -0.15) is 0 Å². The Bertz CT molecular complexity index is 357. The van der Waals surface area contributed by atoms with E-state index in [1.165, 1.54) is 0 Å². The molecule has 1 rings (SSSR count). The molecule has 0 aromatic heterocycles. The maximum absolute atomic E-state index is 11.7. The molecule has 0 N–H and O–H groups in total. The molecule has 2 nitrogen and oxygen atoms in total. The molecule has 1 aromatic rings. The lowest BCUT2D eigenvalue weighted by Gasteiger charge is -2.06. The third kappa shape index (κ3) is 6.92. The zero-order chi connectivity index (χ0) is 13.4. The molecule has 18 heavy (non-hydrogen) atoms. The van der Waals surface area contributed by atoms with E-state index in [9.17, 15) is 4.79 Å². The summed E-state index contributed by atoms with van der Waals surface area (Å²) in [7, 11) is 0. The number of carbonyl (C=O) groups excluding carboxylic acids is 1. The summed E-state index contributed by atoms with van der Waals surface area (Å²) in [4.78, 5) is 11.7. The largest absolute Gasteiger partial charge is 0.381 e. The van der Waals surface area contributed by atoms with Crippen LogP contribution in [-0.2, 0) is 16.0 Å². The first-order valence-electron chi connectivity index (χ1n) is 6.42. The fraction of sp³-hybridized carbons (Fsp3) is 0.533. The normalized spacial score (nSPS) is 10.9. The molecule has 100 valence electrons. The predicted octanol–water partition coefficient (Wildman–Crippen LogP) is 4.01. The van der Waals surface area contributed by atoms with Crippen LogP contribution in [0.4, 0.5) is 0 Å². The molecule has 3 heteroatoms. The van der Waals surface area contributed by atoms with Gasteiger partial charge in [0.25, 0.3) is 0 Å². The van der Waals surface area contributed by atoms with E-state index >= 15 is 0 Å². The fourth-order valence-electron chi connectivity index (χ4n) is 1.53. The van der Waals surface area contributed by atoms with Gasteiger partial charge in [-0.25, -0.2) is 0 Å². The lowest BCUT2D eigenvalue weighted by Crippen LogP contribution is -2.08. The molecule has 0 aliphatic carbocycles. The van der Waals surface area contributed by atoms with Crippen LogP contribution in [0.25, 0.3) is 0 Å². The van der Waals surface area contributed by atoms with Crippen LogP contribution < -0.4 is 0 Å². The first-order valence-corrected chi connectivity index (χ1v) is 7.21. The molecule has 0 radical (unpaired) electrons. The first kappa shape index (κ1) is 15.4. The fourth-order valence-corrected chi connectivity index (χ4v) is 1.79. The Hall–Kier alpha value is -0.670. The molecule has 0 atom stereocenters. The molecular weight excluding hydrogens is 292 g/mol. The van der Waals surface area contributed by atoms with Gasteiger partial charge in [0.2, 0.25) is 0 Å². The van der Waals surface area contributed by atoms with Crippen molar-refractivity contribution in [2.24, 2.45) is 5.92 Å². The van der Waals surface area contributed by atoms with Crippen molar-refractivity contribution in [3.63, 3.8) is 0 Å². The molecule has 0 bridgehead atoms. The van der Waals surface area contributed by atoms with E-state index < -0.39 is 0 Å². The van der Waals surface area contributed by atoms with Gasteiger partial charge >= 0.3 is 0 Å². The second kappa shape index (κ2) is 8.44. The van der Waals surface area contributed by atoms with Crippen LogP contribution in [0.15, 0.2) is 28.7 Å². The quantitative estimate of drug-likeness (QED) is 0.678. The second-order valence-corrected chi connectivity index (χ2v) is 5.80. The zero-order valence-electron chi connectivity index (χ0n) is 11.1. The van der Waals surface area contributed by atoms with Gasteiger partial charge in [0.05, 0.1) is 6.61 Å². The van der Waals surface area contributed by atoms with E-state index in [2.05, 4.69) is 29.8 Å². The Kier molecular flexibility index (Phi) is 7.21. The van der Waals surface area contributed by atoms with Gasteiger partial charge in [-0.1, -0.05) is 41.9 Å². The van der Waals surface area contributed by atoms with E-state index in [1.807, 2.05) is 24.3 Å². The maximum Gasteiger partial charge on any atom is 0.139 e. The minimum absolute atomic E-state index is 0.238. The zero-order valence-corrected chi connectivity index (χ0v) is 12.7. The van der Waals surface area contributed by atoms with Gasteiger partial charge in [0.1, 0.15) is 5.78 Å². The van der Waals surface area contributed by atoms with Crippen molar-refractivity contribution in [2.45, 2.75) is 33.1 Å². The highest BCUT2D eigenvalue weighted by Crippen LogP contribution is 2.11. The number of ether oxygens (including phenoxy) is 1. The van der Waals surface area contributed by atoms with Crippen LogP contribution in [0.3, 0.4) is 0 Å². The lowest BCUT2D eigenvalue weighted by molar-refractivity contribution is -0.119. The Labute approximate surface area is 118 Å². The molecule has 1 aromatic carbocycles. The first-order chi connectivity index (χ1) is 8.58. The van der Waals surface area contributed by atoms with Crippen molar-refractivity contribution >= 4 is 21.7 Å². The Morgan fingerprint density at radius 3 is 2.50 bits per heavy atom. The van der Waals surface area contributed by atoms with Crippen LogP contribution in [0, 0.1) is 5.92 Å². The Morgan fingerprint density at radius 2 is 1.89 bits per heavy atom. The van der Waals surface area contributed by atoms with Crippen molar-refractivity contribution in [1.29, 1.82) is 0 Å². The summed E-state index contributed by atoms with van der Waals surface area (Å²) in [5, 5.41) is 0. The number of Topliss-reactive ketones (excluding diaryl/α,β-unsaturated/α-hetero) is 1. The van der Waals surface area contributed by atoms with Gasteiger partial charge in [-0.15, -0.1) is 0 Å². The highest BCUT2D eigenvalue weighted by atomic mass is 79.9. The molecule has 0 amide bonds. The predicted molar refractivity (Wildman–Crippen MR) is 77.7 cm³/mol. The summed E-state index contributed by atoms with van der Waals surface area (Å²) in [6, 6.07) is 7.87. The van der Waals surface area contributed by atoms with Gasteiger partial charge in [-0.05, 0) is 30.0 Å². The van der Waals surface area contributed by atoms with Crippen LogP contribution in [0.5, 0.6) is 0 Å². The van der Waals surface area contributed by atoms with Gasteiger partial charge < -0.3 is 4.74 Å². The highest BCUT2D eigenvalue weighted by Gasteiger charge is 2.04. The van der Waals surface area contributed by atoms with Crippen molar-refractivity contribution < 1.29 is 9.53 Å². The molecule has 0 spiro atoms. The number of hydrogen-bond acceptors (Lipinski definition) is 2. The van der Waals surface area contributed by atoms with Crippen molar-refractivity contribution in [3.05, 3.63) is 34.3 Å². The van der Waals surface area contributed by atoms with Crippen LogP contribution in [0.1, 0.15) is 32.3 Å². The summed E-state index contributed by atoms with van der Waals surface area (Å²) in [5.74, 6) is 0.894. The van der Waals surface area contributed by atoms with E-state index in [4.69, 9.17) is 4.74 Å². The Balaban J connectivity index is 2.16. The molecule has 0 aliphatic rings. The number of hydrogen-bond donors (Lipinski definition) is 0. The minimum atomic E-state index is 0.238. The number of halogens is 1. The van der Waals surface area contributed by atoms with Crippen LogP contribution in [-0.4, -0.2) is 19.0 Å². The van der Waals surface area contributed by atoms with Gasteiger partial charge in [0, 0.05) is 23.9 Å². The topological polar surface area (TPSA) is 26.3 Å². The summed E-state index contributed by atoms with van der Waals surface area (Å²) >= 11 is 3.38. The maximum atomic E-state index is 11.7. The summed E-state index contributed by atoms with van der Waals surface area (Å²) < 4.78 is 6.48. The molecular formula is C15H21BrO2. The number of carbonyl (C=O) groups is 1. The molecule has 0 saturated carbocycles. The minimum Gasteiger partial charge on any atom is -0.381 e. The number of ketones is 1. The Morgan fingerprint density at radius 1 is 1.22 bits per heavy atom. The third-order valence-electron chi connectivity index (χ3n) is 2.68. The number of benzene rings is 1. The average molecular weight is 313 g/mol. The summed E-state index contributed by atoms with van der Waals surface area (Å²) in [6.45, 7) is 5.63. The van der Waals surface area contributed by atoms with E-state index in [0.717, 1.165) is 23.1 Å². The van der Waals surface area contributed by atoms with E-state index in [0.29, 0.717) is 25.4 Å². The standard InChI is InChI=1S/C15H21BrO2/c1-12(2)7-9-18-10-8-15(17)11-13-3-5-14(16)6-4-13/h3-6,12H,7-11H2,1-2H3. The summed E-state index contributed by atoms with van der Waals surface area (Å²) in [6.07, 6.45) is 2.07. The smallest absolute Gasteiger partial charge is 0.139 e. The molecule has 0 aliphatic heterocycles. The van der Waals surface area contributed by atoms with Crippen molar-refractivity contribution in [2.75, 3.05) is 13.2 Å². The summed E-state index contributed by atoms with van der Waals surface area (Å²) in [5.41, 5.74) is 1.06. The molecule has 0 heterocycles. The van der Waals surface area contributed by atoms with Crippen LogP contribution in [0.2, 0.25) is 0 Å². The van der Waals surface area contributed by atoms with Gasteiger partial charge in [-0.3, -0.25) is 4.79 Å².